The van der Waals surface area contributed by atoms with Gasteiger partial charge >= 0.3 is 6.03 Å². The van der Waals surface area contributed by atoms with Crippen molar-refractivity contribution in [2.75, 3.05) is 12.4 Å². The average Bonchev–Trinajstić information content (AvgIpc) is 3.21. The van der Waals surface area contributed by atoms with Crippen molar-refractivity contribution in [2.24, 2.45) is 0 Å². The number of thioether (sulfide) groups is 1. The summed E-state index contributed by atoms with van der Waals surface area (Å²) < 4.78 is 12.6. The van der Waals surface area contributed by atoms with E-state index >= 15 is 0 Å². The molecule has 0 spiro atoms. The molecule has 4 aromatic carbocycles. The predicted octanol–water partition coefficient (Wildman–Crippen LogP) is 8.43. The molecule has 1 saturated heterocycles. The first kappa shape index (κ1) is 29.2. The smallest absolute Gasteiger partial charge is 0.338 e. The van der Waals surface area contributed by atoms with E-state index in [0.29, 0.717) is 43.8 Å². The van der Waals surface area contributed by atoms with E-state index in [-0.39, 0.29) is 9.34 Å². The van der Waals surface area contributed by atoms with E-state index < -0.39 is 11.9 Å². The molecule has 4 aromatic rings. The van der Waals surface area contributed by atoms with Gasteiger partial charge in [0, 0.05) is 5.69 Å². The highest BCUT2D eigenvalue weighted by Gasteiger charge is 2.34. The van der Waals surface area contributed by atoms with Crippen LogP contribution in [0.15, 0.2) is 82.2 Å². The molecule has 2 N–H and O–H groups in total. The molecule has 0 atom stereocenters. The van der Waals surface area contributed by atoms with E-state index in [4.69, 9.17) is 44.9 Å². The molecule has 0 aliphatic carbocycles. The van der Waals surface area contributed by atoms with E-state index in [1.165, 1.54) is 6.07 Å². The number of thiocarbonyl (C=S) groups is 1. The molecular formula is C29H20BrCl2N3O4S2. The van der Waals surface area contributed by atoms with E-state index in [1.54, 1.807) is 31.4 Å². The van der Waals surface area contributed by atoms with E-state index in [1.807, 2.05) is 30.3 Å². The molecule has 1 aliphatic rings. The van der Waals surface area contributed by atoms with Crippen molar-refractivity contribution in [2.45, 2.75) is 6.61 Å². The first-order chi connectivity index (χ1) is 19.7. The third kappa shape index (κ3) is 6.63. The highest BCUT2D eigenvalue weighted by Crippen LogP contribution is 2.39. The summed E-state index contributed by atoms with van der Waals surface area (Å²) in [4.78, 5) is 25.9. The molecule has 1 fully saturated rings. The maximum Gasteiger partial charge on any atom is 0.338 e. The van der Waals surface area contributed by atoms with Crippen LogP contribution in [0.5, 0.6) is 11.5 Å². The van der Waals surface area contributed by atoms with Crippen LogP contribution in [0, 0.1) is 0 Å². The molecule has 7 nitrogen and oxygen atoms in total. The van der Waals surface area contributed by atoms with Crippen molar-refractivity contribution in [3.63, 3.8) is 0 Å². The number of carbonyl (C=O) groups is 2. The summed E-state index contributed by atoms with van der Waals surface area (Å²) in [6.07, 6.45) is 1.67. The van der Waals surface area contributed by atoms with Crippen LogP contribution in [-0.2, 0) is 11.4 Å². The maximum absolute atomic E-state index is 13.1. The lowest BCUT2D eigenvalue weighted by Gasteiger charge is -2.16. The molecular weight excluding hydrogens is 669 g/mol. The molecule has 5 rings (SSSR count). The summed E-state index contributed by atoms with van der Waals surface area (Å²) >= 11 is 21.9. The SMILES string of the molecule is COc1cc(/C=C2/SC(=S)N(NC(=O)Nc3ccc(Cl)c(Cl)c3)C2=O)cc(Br)c1OCc1cccc2ccccc12. The molecule has 0 unspecified atom stereocenters. The van der Waals surface area contributed by atoms with Crippen LogP contribution in [0.3, 0.4) is 0 Å². The fourth-order valence-corrected chi connectivity index (χ4v) is 6.13. The number of hydrazine groups is 1. The zero-order valence-corrected chi connectivity index (χ0v) is 26.0. The summed E-state index contributed by atoms with van der Waals surface area (Å²) in [5.74, 6) is 0.543. The molecule has 0 saturated carbocycles. The quantitative estimate of drug-likeness (QED) is 0.150. The van der Waals surface area contributed by atoms with Crippen LogP contribution in [0.2, 0.25) is 10.0 Å². The number of anilines is 1. The standard InChI is InChI=1S/C29H20BrCl2N3O4S2/c1-38-24-12-16(11-21(30)26(24)39-15-18-7-4-6-17-5-2-3-8-20(17)18)13-25-27(36)35(29(40)41-25)34-28(37)33-19-9-10-22(31)23(32)14-19/h2-14H,15H2,1H3,(H2,33,34,37)/b25-13+. The van der Waals surface area contributed by atoms with Crippen LogP contribution in [-0.4, -0.2) is 28.4 Å². The summed E-state index contributed by atoms with van der Waals surface area (Å²) in [5.41, 5.74) is 4.58. The maximum atomic E-state index is 13.1. The van der Waals surface area contributed by atoms with Gasteiger partial charge in [-0.05, 0) is 86.5 Å². The van der Waals surface area contributed by atoms with Gasteiger partial charge in [-0.25, -0.2) is 10.2 Å². The third-order valence-corrected chi connectivity index (χ3v) is 8.62. The lowest BCUT2D eigenvalue weighted by molar-refractivity contribution is -0.123. The minimum atomic E-state index is -0.668. The van der Waals surface area contributed by atoms with Crippen molar-refractivity contribution in [3.05, 3.63) is 103 Å². The van der Waals surface area contributed by atoms with E-state index in [9.17, 15) is 9.59 Å². The van der Waals surface area contributed by atoms with Crippen molar-refractivity contribution >= 4 is 102 Å². The van der Waals surface area contributed by atoms with Gasteiger partial charge in [0.15, 0.2) is 15.8 Å². The lowest BCUT2D eigenvalue weighted by Crippen LogP contribution is -2.46. The predicted molar refractivity (Wildman–Crippen MR) is 173 cm³/mol. The van der Waals surface area contributed by atoms with Crippen LogP contribution in [0.25, 0.3) is 16.8 Å². The second-order valence-corrected chi connectivity index (χ2v) is 12.0. The van der Waals surface area contributed by atoms with E-state index in [2.05, 4.69) is 44.9 Å². The Morgan fingerprint density at radius 3 is 2.63 bits per heavy atom. The first-order valence-electron chi connectivity index (χ1n) is 12.0. The van der Waals surface area contributed by atoms with Gasteiger partial charge in [-0.3, -0.25) is 4.79 Å². The van der Waals surface area contributed by atoms with Gasteiger partial charge in [0.2, 0.25) is 0 Å². The number of nitrogens with zero attached hydrogens (tertiary/aromatic N) is 1. The molecule has 0 bridgehead atoms. The number of benzene rings is 4. The Morgan fingerprint density at radius 2 is 1.85 bits per heavy atom. The van der Waals surface area contributed by atoms with Crippen LogP contribution in [0.4, 0.5) is 10.5 Å². The molecule has 1 aliphatic heterocycles. The lowest BCUT2D eigenvalue weighted by atomic mass is 10.1. The van der Waals surface area contributed by atoms with Crippen LogP contribution < -0.4 is 20.2 Å². The van der Waals surface area contributed by atoms with Crippen molar-refractivity contribution in [3.8, 4) is 11.5 Å². The van der Waals surface area contributed by atoms with Crippen LogP contribution >= 0.6 is 63.1 Å². The Labute approximate surface area is 263 Å². The molecule has 3 amide bonds. The van der Waals surface area contributed by atoms with Gasteiger partial charge in [-0.15, -0.1) is 0 Å². The summed E-state index contributed by atoms with van der Waals surface area (Å²) in [6, 6.07) is 21.7. The second-order valence-electron chi connectivity index (χ2n) is 8.67. The number of amides is 3. The Kier molecular flexibility index (Phi) is 9.06. The average molecular weight is 689 g/mol. The zero-order chi connectivity index (χ0) is 29.1. The Hall–Kier alpha value is -3.28. The van der Waals surface area contributed by atoms with Gasteiger partial charge in [-0.1, -0.05) is 77.4 Å². The number of methoxy groups -OCH3 is 1. The monoisotopic (exact) mass is 687 g/mol. The Morgan fingerprint density at radius 1 is 1.07 bits per heavy atom. The molecule has 1 heterocycles. The Balaban J connectivity index is 1.30. The number of hydrogen-bond acceptors (Lipinski definition) is 6. The Bertz CT molecular complexity index is 1730. The largest absolute Gasteiger partial charge is 0.493 e. The molecule has 12 heteroatoms. The third-order valence-electron chi connectivity index (χ3n) is 5.99. The van der Waals surface area contributed by atoms with Gasteiger partial charge in [0.1, 0.15) is 6.61 Å². The summed E-state index contributed by atoms with van der Waals surface area (Å²) in [7, 11) is 1.55. The number of nitrogens with one attached hydrogen (secondary N) is 2. The minimum Gasteiger partial charge on any atom is -0.493 e. The normalized spacial score (nSPS) is 14.0. The van der Waals surface area contributed by atoms with Gasteiger partial charge in [0.05, 0.1) is 26.5 Å². The number of fused-ring (bicyclic) bond motifs is 1. The number of urea groups is 1. The van der Waals surface area contributed by atoms with Gasteiger partial charge in [-0.2, -0.15) is 5.01 Å². The number of rotatable bonds is 7. The number of hydrogen-bond donors (Lipinski definition) is 2. The van der Waals surface area contributed by atoms with Gasteiger partial charge in [0.25, 0.3) is 5.91 Å². The number of halogens is 3. The molecule has 41 heavy (non-hydrogen) atoms. The van der Waals surface area contributed by atoms with Gasteiger partial charge < -0.3 is 14.8 Å². The molecule has 0 radical (unpaired) electrons. The first-order valence-corrected chi connectivity index (χ1v) is 14.8. The number of carbonyl (C=O) groups excluding carboxylic acids is 2. The van der Waals surface area contributed by atoms with Crippen LogP contribution in [0.1, 0.15) is 11.1 Å². The fraction of sp³-hybridized carbons (Fsp3) is 0.0690. The van der Waals surface area contributed by atoms with Crippen molar-refractivity contribution in [1.29, 1.82) is 0 Å². The highest BCUT2D eigenvalue weighted by molar-refractivity contribution is 9.10. The van der Waals surface area contributed by atoms with E-state index in [0.717, 1.165) is 33.1 Å². The van der Waals surface area contributed by atoms with Crippen molar-refractivity contribution in [1.82, 2.24) is 10.4 Å². The summed E-state index contributed by atoms with van der Waals surface area (Å²) in [5, 5.41) is 6.48. The molecule has 0 aromatic heterocycles. The fourth-order valence-electron chi connectivity index (χ4n) is 4.08. The highest BCUT2D eigenvalue weighted by atomic mass is 79.9. The zero-order valence-electron chi connectivity index (χ0n) is 21.2. The topological polar surface area (TPSA) is 79.9 Å². The second kappa shape index (κ2) is 12.7. The minimum absolute atomic E-state index is 0.173. The number of ether oxygens (including phenoxy) is 2. The van der Waals surface area contributed by atoms with Crippen molar-refractivity contribution < 1.29 is 19.1 Å². The molecule has 208 valence electrons. The summed E-state index contributed by atoms with van der Waals surface area (Å²) in [6.45, 7) is 0.338.